The fourth-order valence-corrected chi connectivity index (χ4v) is 2.59. The lowest BCUT2D eigenvalue weighted by Gasteiger charge is -2.07. The number of hydrogen-bond donors (Lipinski definition) is 2. The largest absolute Gasteiger partial charge is 0.398 e. The van der Waals surface area contributed by atoms with Crippen molar-refractivity contribution in [1.82, 2.24) is 0 Å². The second-order valence-electron chi connectivity index (χ2n) is 4.34. The van der Waals surface area contributed by atoms with Crippen molar-refractivity contribution in [2.45, 2.75) is 11.3 Å². The van der Waals surface area contributed by atoms with Crippen LogP contribution < -0.4 is 11.1 Å². The molecule has 0 spiro atoms. The van der Waals surface area contributed by atoms with E-state index in [0.29, 0.717) is 17.1 Å². The van der Waals surface area contributed by atoms with E-state index in [1.165, 1.54) is 42.1 Å². The van der Waals surface area contributed by atoms with Crippen molar-refractivity contribution in [2.24, 2.45) is 0 Å². The summed E-state index contributed by atoms with van der Waals surface area (Å²) in [5.41, 5.74) is 6.45. The average molecular weight is 308 g/mol. The zero-order valence-electron chi connectivity index (χ0n) is 11.1. The monoisotopic (exact) mass is 308 g/mol. The first-order valence-electron chi connectivity index (χ1n) is 6.28. The van der Waals surface area contributed by atoms with Gasteiger partial charge >= 0.3 is 0 Å². The van der Waals surface area contributed by atoms with E-state index in [1.54, 1.807) is 12.1 Å². The minimum atomic E-state index is -0.402. The van der Waals surface area contributed by atoms with Crippen LogP contribution in [0.1, 0.15) is 6.42 Å². The molecule has 0 saturated heterocycles. The van der Waals surface area contributed by atoms with Gasteiger partial charge in [-0.25, -0.2) is 8.78 Å². The molecule has 21 heavy (non-hydrogen) atoms. The molecule has 0 aliphatic heterocycles. The maximum atomic E-state index is 13.0. The zero-order chi connectivity index (χ0) is 15.2. The highest BCUT2D eigenvalue weighted by atomic mass is 32.2. The topological polar surface area (TPSA) is 55.1 Å². The minimum absolute atomic E-state index is 0.214. The van der Waals surface area contributed by atoms with Gasteiger partial charge in [-0.15, -0.1) is 11.8 Å². The number of anilines is 2. The van der Waals surface area contributed by atoms with E-state index in [-0.39, 0.29) is 18.1 Å². The second-order valence-corrected chi connectivity index (χ2v) is 5.48. The third-order valence-electron chi connectivity index (χ3n) is 2.67. The van der Waals surface area contributed by atoms with Gasteiger partial charge in [0.15, 0.2) is 0 Å². The van der Waals surface area contributed by atoms with E-state index in [9.17, 15) is 13.6 Å². The maximum Gasteiger partial charge on any atom is 0.225 e. The lowest BCUT2D eigenvalue weighted by Crippen LogP contribution is -2.12. The van der Waals surface area contributed by atoms with Crippen LogP contribution in [0.4, 0.5) is 20.2 Å². The molecule has 0 aromatic heterocycles. The van der Waals surface area contributed by atoms with Gasteiger partial charge in [0.2, 0.25) is 5.91 Å². The Morgan fingerprint density at radius 1 is 1.14 bits per heavy atom. The quantitative estimate of drug-likeness (QED) is 0.654. The van der Waals surface area contributed by atoms with Gasteiger partial charge in [0, 0.05) is 28.4 Å². The van der Waals surface area contributed by atoms with E-state index in [1.807, 2.05) is 0 Å². The number of halogens is 2. The van der Waals surface area contributed by atoms with Gasteiger partial charge in [0.25, 0.3) is 0 Å². The molecule has 0 saturated carbocycles. The summed E-state index contributed by atoms with van der Waals surface area (Å²) < 4.78 is 25.9. The molecule has 0 bridgehead atoms. The summed E-state index contributed by atoms with van der Waals surface area (Å²) in [5, 5.41) is 2.61. The molecule has 1 amide bonds. The number of rotatable bonds is 5. The van der Waals surface area contributed by atoms with Crippen LogP contribution in [0.2, 0.25) is 0 Å². The van der Waals surface area contributed by atoms with Gasteiger partial charge in [-0.05, 0) is 36.4 Å². The number of hydrogen-bond acceptors (Lipinski definition) is 3. The zero-order valence-corrected chi connectivity index (χ0v) is 11.9. The van der Waals surface area contributed by atoms with E-state index in [4.69, 9.17) is 5.73 Å². The Morgan fingerprint density at radius 3 is 2.62 bits per heavy atom. The lowest BCUT2D eigenvalue weighted by atomic mass is 10.3. The van der Waals surface area contributed by atoms with E-state index >= 15 is 0 Å². The first-order chi connectivity index (χ1) is 10.0. The standard InChI is InChI=1S/C15H14F2N2OS/c16-10-2-1-3-12(8-10)19-15(20)6-7-21-14-5-4-11(17)9-13(14)18/h1-5,8-9H,6-7,18H2,(H,19,20). The Hall–Kier alpha value is -2.08. The van der Waals surface area contributed by atoms with Crippen LogP contribution in [0, 0.1) is 11.6 Å². The van der Waals surface area contributed by atoms with Gasteiger partial charge in [-0.3, -0.25) is 4.79 Å². The van der Waals surface area contributed by atoms with Crippen LogP contribution in [-0.4, -0.2) is 11.7 Å². The molecule has 0 aliphatic carbocycles. The Kier molecular flexibility index (Phi) is 5.16. The minimum Gasteiger partial charge on any atom is -0.398 e. The van der Waals surface area contributed by atoms with Crippen molar-refractivity contribution in [2.75, 3.05) is 16.8 Å². The molecule has 0 atom stereocenters. The first kappa shape index (κ1) is 15.3. The van der Waals surface area contributed by atoms with Crippen molar-refractivity contribution < 1.29 is 13.6 Å². The van der Waals surface area contributed by atoms with Crippen molar-refractivity contribution in [3.05, 3.63) is 54.1 Å². The number of nitrogens with one attached hydrogen (secondary N) is 1. The summed E-state index contributed by atoms with van der Waals surface area (Å²) >= 11 is 1.37. The molecular weight excluding hydrogens is 294 g/mol. The van der Waals surface area contributed by atoms with Crippen molar-refractivity contribution in [3.8, 4) is 0 Å². The van der Waals surface area contributed by atoms with E-state index in [2.05, 4.69) is 5.32 Å². The number of carbonyl (C=O) groups is 1. The normalized spacial score (nSPS) is 10.4. The lowest BCUT2D eigenvalue weighted by molar-refractivity contribution is -0.115. The number of amides is 1. The predicted octanol–water partition coefficient (Wildman–Crippen LogP) is 3.67. The molecular formula is C15H14F2N2OS. The summed E-state index contributed by atoms with van der Waals surface area (Å²) in [5.74, 6) is -0.507. The molecule has 3 N–H and O–H groups in total. The Bertz CT molecular complexity index is 649. The van der Waals surface area contributed by atoms with Gasteiger partial charge in [0.05, 0.1) is 0 Å². The van der Waals surface area contributed by atoms with Crippen molar-refractivity contribution in [1.29, 1.82) is 0 Å². The van der Waals surface area contributed by atoms with Crippen molar-refractivity contribution >= 4 is 29.0 Å². The van der Waals surface area contributed by atoms with Crippen LogP contribution in [0.25, 0.3) is 0 Å². The number of thioether (sulfide) groups is 1. The fraction of sp³-hybridized carbons (Fsp3) is 0.133. The summed E-state index contributed by atoms with van der Waals surface area (Å²) in [6.07, 6.45) is 0.248. The molecule has 0 unspecified atom stereocenters. The SMILES string of the molecule is Nc1cc(F)ccc1SCCC(=O)Nc1cccc(F)c1. The van der Waals surface area contributed by atoms with Crippen LogP contribution >= 0.6 is 11.8 Å². The fourth-order valence-electron chi connectivity index (χ4n) is 1.69. The molecule has 2 aromatic carbocycles. The Morgan fingerprint density at radius 2 is 1.90 bits per heavy atom. The van der Waals surface area contributed by atoms with Gasteiger partial charge in [0.1, 0.15) is 11.6 Å². The first-order valence-corrected chi connectivity index (χ1v) is 7.26. The third kappa shape index (κ3) is 4.75. The van der Waals surface area contributed by atoms with E-state index < -0.39 is 5.82 Å². The molecule has 3 nitrogen and oxygen atoms in total. The van der Waals surface area contributed by atoms with E-state index in [0.717, 1.165) is 4.90 Å². The van der Waals surface area contributed by atoms with Crippen LogP contribution in [0.3, 0.4) is 0 Å². The summed E-state index contributed by atoms with van der Waals surface area (Å²) in [6, 6.07) is 9.86. The Balaban J connectivity index is 1.81. The van der Waals surface area contributed by atoms with Gasteiger partial charge in [-0.2, -0.15) is 0 Å². The summed E-state index contributed by atoms with van der Waals surface area (Å²) in [7, 11) is 0. The molecule has 0 fully saturated rings. The molecule has 0 heterocycles. The van der Waals surface area contributed by atoms with Crippen LogP contribution in [0.5, 0.6) is 0 Å². The average Bonchev–Trinajstić information content (AvgIpc) is 2.41. The molecule has 0 radical (unpaired) electrons. The number of nitrogens with two attached hydrogens (primary N) is 1. The number of benzene rings is 2. The second kappa shape index (κ2) is 7.08. The maximum absolute atomic E-state index is 13.0. The number of nitrogen functional groups attached to an aromatic ring is 1. The van der Waals surface area contributed by atoms with Crippen LogP contribution in [-0.2, 0) is 4.79 Å². The highest BCUT2D eigenvalue weighted by Crippen LogP contribution is 2.26. The highest BCUT2D eigenvalue weighted by Gasteiger charge is 2.06. The molecule has 6 heteroatoms. The Labute approximate surface area is 125 Å². The summed E-state index contributed by atoms with van der Waals surface area (Å²) in [6.45, 7) is 0. The van der Waals surface area contributed by atoms with Crippen molar-refractivity contribution in [3.63, 3.8) is 0 Å². The molecule has 2 rings (SSSR count). The highest BCUT2D eigenvalue weighted by molar-refractivity contribution is 7.99. The van der Waals surface area contributed by atoms with Crippen LogP contribution in [0.15, 0.2) is 47.4 Å². The van der Waals surface area contributed by atoms with Gasteiger partial charge in [-0.1, -0.05) is 6.07 Å². The smallest absolute Gasteiger partial charge is 0.225 e. The molecule has 110 valence electrons. The summed E-state index contributed by atoms with van der Waals surface area (Å²) in [4.78, 5) is 12.4. The third-order valence-corrected chi connectivity index (χ3v) is 3.76. The molecule has 2 aromatic rings. The van der Waals surface area contributed by atoms with Gasteiger partial charge < -0.3 is 11.1 Å². The molecule has 0 aliphatic rings. The predicted molar refractivity (Wildman–Crippen MR) is 81.2 cm³/mol. The number of carbonyl (C=O) groups excluding carboxylic acids is 1.